The normalized spacial score (nSPS) is 24.0. The number of nitrogens with zero attached hydrogens (tertiary/aromatic N) is 1. The largest absolute Gasteiger partial charge is 0.465 e. The van der Waals surface area contributed by atoms with Crippen molar-refractivity contribution in [2.45, 2.75) is 43.8 Å². The molecule has 3 rings (SSSR count). The van der Waals surface area contributed by atoms with E-state index in [0.29, 0.717) is 23.6 Å². The van der Waals surface area contributed by atoms with E-state index in [9.17, 15) is 19.5 Å². The summed E-state index contributed by atoms with van der Waals surface area (Å²) >= 11 is 5.85. The number of carboxylic acid groups (broad SMARTS) is 1. The molecule has 9 heteroatoms. The van der Waals surface area contributed by atoms with E-state index in [1.54, 1.807) is 24.3 Å². The highest BCUT2D eigenvalue weighted by molar-refractivity contribution is 6.30. The van der Waals surface area contributed by atoms with Crippen LogP contribution in [-0.2, 0) is 4.79 Å². The molecule has 3 atom stereocenters. The summed E-state index contributed by atoms with van der Waals surface area (Å²) < 4.78 is 0. The molecule has 4 amide bonds. The lowest BCUT2D eigenvalue weighted by molar-refractivity contribution is -0.121. The van der Waals surface area contributed by atoms with Gasteiger partial charge in [-0.15, -0.1) is 0 Å². The second-order valence-corrected chi connectivity index (χ2v) is 7.07. The zero-order chi connectivity index (χ0) is 18.7. The predicted octanol–water partition coefficient (Wildman–Crippen LogP) is 2.25. The third-order valence-corrected chi connectivity index (χ3v) is 5.05. The molecular weight excluding hydrogens is 360 g/mol. The SMILES string of the molecule is O=C(CNC(=O)Nc1cccc(Cl)c1)N[C@H]1C[C@H]2CC[C@@H](C1)N2C(=O)O. The Labute approximate surface area is 155 Å². The number of hydrogen-bond donors (Lipinski definition) is 4. The van der Waals surface area contributed by atoms with Crippen molar-refractivity contribution in [3.63, 3.8) is 0 Å². The van der Waals surface area contributed by atoms with Crippen LogP contribution in [-0.4, -0.2) is 52.7 Å². The molecule has 0 unspecified atom stereocenters. The van der Waals surface area contributed by atoms with Gasteiger partial charge >= 0.3 is 12.1 Å². The van der Waals surface area contributed by atoms with Gasteiger partial charge in [-0.25, -0.2) is 9.59 Å². The monoisotopic (exact) mass is 380 g/mol. The summed E-state index contributed by atoms with van der Waals surface area (Å²) in [6, 6.07) is 6.08. The highest BCUT2D eigenvalue weighted by atomic mass is 35.5. The van der Waals surface area contributed by atoms with Crippen molar-refractivity contribution in [1.29, 1.82) is 0 Å². The first-order chi connectivity index (χ1) is 12.4. The number of fused-ring (bicyclic) bond motifs is 2. The highest BCUT2D eigenvalue weighted by Crippen LogP contribution is 2.35. The number of urea groups is 1. The van der Waals surface area contributed by atoms with Gasteiger partial charge in [0.1, 0.15) is 0 Å². The van der Waals surface area contributed by atoms with Gasteiger partial charge in [0.2, 0.25) is 5.91 Å². The zero-order valence-electron chi connectivity index (χ0n) is 14.1. The van der Waals surface area contributed by atoms with Gasteiger partial charge in [0.25, 0.3) is 0 Å². The molecule has 0 aromatic heterocycles. The molecule has 2 fully saturated rings. The first-order valence-electron chi connectivity index (χ1n) is 8.53. The summed E-state index contributed by atoms with van der Waals surface area (Å²) in [6.07, 6.45) is 2.02. The minimum Gasteiger partial charge on any atom is -0.465 e. The second kappa shape index (κ2) is 7.82. The van der Waals surface area contributed by atoms with Crippen molar-refractivity contribution in [2.24, 2.45) is 0 Å². The maximum atomic E-state index is 12.1. The average Bonchev–Trinajstić information content (AvgIpc) is 2.85. The van der Waals surface area contributed by atoms with Crippen LogP contribution < -0.4 is 16.0 Å². The summed E-state index contributed by atoms with van der Waals surface area (Å²) in [5, 5.41) is 17.7. The molecule has 0 saturated carbocycles. The zero-order valence-corrected chi connectivity index (χ0v) is 14.8. The van der Waals surface area contributed by atoms with E-state index in [0.717, 1.165) is 12.8 Å². The maximum absolute atomic E-state index is 12.1. The van der Waals surface area contributed by atoms with Crippen molar-refractivity contribution in [1.82, 2.24) is 15.5 Å². The fourth-order valence-electron chi connectivity index (χ4n) is 3.79. The lowest BCUT2D eigenvalue weighted by Crippen LogP contribution is -2.53. The van der Waals surface area contributed by atoms with Crippen LogP contribution in [0, 0.1) is 0 Å². The Balaban J connectivity index is 1.42. The molecule has 140 valence electrons. The number of amides is 4. The van der Waals surface area contributed by atoms with Gasteiger partial charge in [-0.1, -0.05) is 17.7 Å². The summed E-state index contributed by atoms with van der Waals surface area (Å²) in [5.74, 6) is -0.292. The number of rotatable bonds is 4. The van der Waals surface area contributed by atoms with E-state index >= 15 is 0 Å². The molecule has 1 aromatic rings. The molecule has 1 aromatic carbocycles. The number of hydrogen-bond acceptors (Lipinski definition) is 3. The van der Waals surface area contributed by atoms with Crippen LogP contribution in [0.5, 0.6) is 0 Å². The number of piperidine rings is 1. The van der Waals surface area contributed by atoms with Gasteiger partial charge in [-0.2, -0.15) is 0 Å². The fraction of sp³-hybridized carbons (Fsp3) is 0.471. The van der Waals surface area contributed by atoms with Gasteiger partial charge in [0, 0.05) is 28.8 Å². The summed E-state index contributed by atoms with van der Waals surface area (Å²) in [4.78, 5) is 36.7. The van der Waals surface area contributed by atoms with E-state index < -0.39 is 12.1 Å². The quantitative estimate of drug-likeness (QED) is 0.642. The summed E-state index contributed by atoms with van der Waals surface area (Å²) in [7, 11) is 0. The van der Waals surface area contributed by atoms with Crippen LogP contribution in [0.1, 0.15) is 25.7 Å². The summed E-state index contributed by atoms with van der Waals surface area (Å²) in [5.41, 5.74) is 0.535. The van der Waals surface area contributed by atoms with Crippen LogP contribution >= 0.6 is 11.6 Å². The van der Waals surface area contributed by atoms with Crippen LogP contribution in [0.4, 0.5) is 15.3 Å². The molecule has 0 radical (unpaired) electrons. The number of nitrogens with one attached hydrogen (secondary N) is 3. The van der Waals surface area contributed by atoms with Gasteiger partial charge in [-0.3, -0.25) is 4.79 Å². The molecule has 0 spiro atoms. The number of carbonyl (C=O) groups excluding carboxylic acids is 2. The van der Waals surface area contributed by atoms with Crippen LogP contribution in [0.2, 0.25) is 5.02 Å². The Bertz CT molecular complexity index is 700. The predicted molar refractivity (Wildman–Crippen MR) is 96.3 cm³/mol. The molecule has 2 saturated heterocycles. The molecule has 8 nitrogen and oxygen atoms in total. The fourth-order valence-corrected chi connectivity index (χ4v) is 3.98. The van der Waals surface area contributed by atoms with Crippen LogP contribution in [0.15, 0.2) is 24.3 Å². The molecule has 26 heavy (non-hydrogen) atoms. The second-order valence-electron chi connectivity index (χ2n) is 6.63. The van der Waals surface area contributed by atoms with Gasteiger partial charge in [-0.05, 0) is 43.9 Å². The van der Waals surface area contributed by atoms with Gasteiger partial charge < -0.3 is 26.0 Å². The number of halogens is 1. The Morgan fingerprint density at radius 2 is 1.88 bits per heavy atom. The van der Waals surface area contributed by atoms with E-state index in [1.807, 2.05) is 0 Å². The van der Waals surface area contributed by atoms with E-state index in [-0.39, 0.29) is 30.6 Å². The van der Waals surface area contributed by atoms with E-state index in [4.69, 9.17) is 11.6 Å². The van der Waals surface area contributed by atoms with Crippen LogP contribution in [0.3, 0.4) is 0 Å². The molecule has 2 bridgehead atoms. The molecule has 2 aliphatic heterocycles. The molecule has 0 aliphatic carbocycles. The lowest BCUT2D eigenvalue weighted by atomic mass is 9.98. The highest BCUT2D eigenvalue weighted by Gasteiger charge is 2.43. The first-order valence-corrected chi connectivity index (χ1v) is 8.91. The smallest absolute Gasteiger partial charge is 0.407 e. The summed E-state index contributed by atoms with van der Waals surface area (Å²) in [6.45, 7) is -0.152. The molecule has 4 N–H and O–H groups in total. The first kappa shape index (κ1) is 18.3. The van der Waals surface area contributed by atoms with Crippen molar-refractivity contribution >= 4 is 35.3 Å². The van der Waals surface area contributed by atoms with Crippen molar-refractivity contribution in [3.05, 3.63) is 29.3 Å². The van der Waals surface area contributed by atoms with Crippen molar-refractivity contribution in [3.8, 4) is 0 Å². The minimum atomic E-state index is -0.887. The average molecular weight is 381 g/mol. The number of benzene rings is 1. The van der Waals surface area contributed by atoms with E-state index in [1.165, 1.54) is 4.90 Å². The molecule has 2 aliphatic rings. The van der Waals surface area contributed by atoms with Gasteiger partial charge in [0.05, 0.1) is 6.54 Å². The van der Waals surface area contributed by atoms with E-state index in [2.05, 4.69) is 16.0 Å². The Hall–Kier alpha value is -2.48. The minimum absolute atomic E-state index is 0.0318. The topological polar surface area (TPSA) is 111 Å². The Morgan fingerprint density at radius 3 is 2.50 bits per heavy atom. The third-order valence-electron chi connectivity index (χ3n) is 4.81. The van der Waals surface area contributed by atoms with Crippen molar-refractivity contribution in [2.75, 3.05) is 11.9 Å². The Kier molecular flexibility index (Phi) is 5.51. The molecular formula is C17H21ClN4O4. The van der Waals surface area contributed by atoms with Gasteiger partial charge in [0.15, 0.2) is 0 Å². The Morgan fingerprint density at radius 1 is 1.19 bits per heavy atom. The van der Waals surface area contributed by atoms with Crippen molar-refractivity contribution < 1.29 is 19.5 Å². The standard InChI is InChI=1S/C17H21ClN4O4/c18-10-2-1-3-11(6-10)21-16(24)19-9-15(23)20-12-7-13-4-5-14(8-12)22(13)17(25)26/h1-3,6,12-14H,4-5,7-9H2,(H,20,23)(H,25,26)(H2,19,21,24)/t12-,13+,14-. The third kappa shape index (κ3) is 4.37. The lowest BCUT2D eigenvalue weighted by Gasteiger charge is -2.37. The molecule has 2 heterocycles. The number of carbonyl (C=O) groups is 3. The number of anilines is 1. The van der Waals surface area contributed by atoms with Crippen LogP contribution in [0.25, 0.3) is 0 Å². The maximum Gasteiger partial charge on any atom is 0.407 e.